The van der Waals surface area contributed by atoms with E-state index in [4.69, 9.17) is 4.74 Å². The maximum Gasteiger partial charge on any atom is 0.121 e. The van der Waals surface area contributed by atoms with Gasteiger partial charge in [0.05, 0.1) is 6.61 Å². The third kappa shape index (κ3) is 5.24. The van der Waals surface area contributed by atoms with Gasteiger partial charge < -0.3 is 15.0 Å². The van der Waals surface area contributed by atoms with E-state index >= 15 is 0 Å². The number of rotatable bonds is 6. The number of hydrogen-bond donors (Lipinski definition) is 1. The molecule has 0 radical (unpaired) electrons. The molecule has 2 atom stereocenters. The molecule has 2 rings (SSSR count). The van der Waals surface area contributed by atoms with Crippen molar-refractivity contribution in [1.29, 1.82) is 0 Å². The van der Waals surface area contributed by atoms with Gasteiger partial charge in [0.2, 0.25) is 0 Å². The Bertz CT molecular complexity index is 433. The molecule has 3 heteroatoms. The van der Waals surface area contributed by atoms with Gasteiger partial charge in [-0.05, 0) is 57.3 Å². The van der Waals surface area contributed by atoms with Crippen molar-refractivity contribution in [2.75, 3.05) is 32.1 Å². The first-order valence-electron chi connectivity index (χ1n) is 8.22. The Morgan fingerprint density at radius 2 is 2.14 bits per heavy atom. The van der Waals surface area contributed by atoms with Crippen LogP contribution in [0.3, 0.4) is 0 Å². The van der Waals surface area contributed by atoms with Crippen molar-refractivity contribution in [3.8, 4) is 5.75 Å². The van der Waals surface area contributed by atoms with Crippen molar-refractivity contribution in [1.82, 2.24) is 4.90 Å². The van der Waals surface area contributed by atoms with Crippen molar-refractivity contribution in [3.05, 3.63) is 24.3 Å². The lowest BCUT2D eigenvalue weighted by atomic mass is 9.92. The minimum Gasteiger partial charge on any atom is -0.493 e. The number of nitrogens with one attached hydrogen (secondary N) is 1. The van der Waals surface area contributed by atoms with E-state index in [1.807, 2.05) is 6.07 Å². The van der Waals surface area contributed by atoms with Gasteiger partial charge in [-0.15, -0.1) is 0 Å². The molecule has 0 amide bonds. The lowest BCUT2D eigenvalue weighted by Gasteiger charge is -2.34. The van der Waals surface area contributed by atoms with Crippen LogP contribution in [0.25, 0.3) is 0 Å². The number of hydrogen-bond acceptors (Lipinski definition) is 3. The quantitative estimate of drug-likeness (QED) is 0.861. The van der Waals surface area contributed by atoms with E-state index in [0.717, 1.165) is 24.0 Å². The van der Waals surface area contributed by atoms with Crippen LogP contribution in [-0.4, -0.2) is 37.7 Å². The monoisotopic (exact) mass is 290 g/mol. The van der Waals surface area contributed by atoms with E-state index in [1.165, 1.54) is 25.9 Å². The lowest BCUT2D eigenvalue weighted by Crippen LogP contribution is -2.39. The van der Waals surface area contributed by atoms with Gasteiger partial charge in [-0.2, -0.15) is 0 Å². The maximum absolute atomic E-state index is 5.80. The van der Waals surface area contributed by atoms with Crippen molar-refractivity contribution in [2.24, 2.45) is 11.8 Å². The molecule has 0 bridgehead atoms. The Morgan fingerprint density at radius 1 is 1.33 bits per heavy atom. The number of piperidine rings is 1. The minimum absolute atomic E-state index is 0.494. The summed E-state index contributed by atoms with van der Waals surface area (Å²) in [7, 11) is 2.22. The van der Waals surface area contributed by atoms with Gasteiger partial charge in [0.1, 0.15) is 5.75 Å². The van der Waals surface area contributed by atoms with Gasteiger partial charge >= 0.3 is 0 Å². The number of likely N-dealkylation sites (tertiary alicyclic amines) is 1. The summed E-state index contributed by atoms with van der Waals surface area (Å²) < 4.78 is 5.80. The Kier molecular flexibility index (Phi) is 5.92. The van der Waals surface area contributed by atoms with E-state index < -0.39 is 0 Å². The molecule has 118 valence electrons. The largest absolute Gasteiger partial charge is 0.493 e. The molecule has 1 aliphatic rings. The molecule has 0 aliphatic carbocycles. The fourth-order valence-corrected chi connectivity index (χ4v) is 2.93. The molecule has 1 aromatic carbocycles. The van der Waals surface area contributed by atoms with Crippen LogP contribution >= 0.6 is 0 Å². The Balaban J connectivity index is 1.90. The Hall–Kier alpha value is -1.22. The van der Waals surface area contributed by atoms with Gasteiger partial charge in [0, 0.05) is 24.3 Å². The van der Waals surface area contributed by atoms with Crippen LogP contribution in [0.15, 0.2) is 24.3 Å². The van der Waals surface area contributed by atoms with E-state index in [9.17, 15) is 0 Å². The van der Waals surface area contributed by atoms with Crippen molar-refractivity contribution < 1.29 is 4.74 Å². The smallest absolute Gasteiger partial charge is 0.121 e. The van der Waals surface area contributed by atoms with E-state index in [2.05, 4.69) is 56.2 Å². The van der Waals surface area contributed by atoms with Crippen LogP contribution in [0.5, 0.6) is 5.75 Å². The van der Waals surface area contributed by atoms with Crippen LogP contribution in [0, 0.1) is 11.8 Å². The molecular formula is C18H30N2O. The fourth-order valence-electron chi connectivity index (χ4n) is 2.93. The average molecular weight is 290 g/mol. The second-order valence-electron chi connectivity index (χ2n) is 6.83. The summed E-state index contributed by atoms with van der Waals surface area (Å²) in [6.45, 7) is 9.84. The van der Waals surface area contributed by atoms with Crippen LogP contribution in [0.2, 0.25) is 0 Å². The third-order valence-corrected chi connectivity index (χ3v) is 4.18. The van der Waals surface area contributed by atoms with Gasteiger partial charge in [-0.25, -0.2) is 0 Å². The minimum atomic E-state index is 0.494. The lowest BCUT2D eigenvalue weighted by molar-refractivity contribution is 0.197. The molecule has 0 aromatic heterocycles. The zero-order chi connectivity index (χ0) is 15.2. The molecule has 21 heavy (non-hydrogen) atoms. The Morgan fingerprint density at radius 3 is 2.86 bits per heavy atom. The van der Waals surface area contributed by atoms with Gasteiger partial charge in [-0.1, -0.05) is 19.9 Å². The molecule has 2 unspecified atom stereocenters. The molecule has 1 saturated heterocycles. The molecule has 1 heterocycles. The molecule has 0 saturated carbocycles. The molecule has 1 N–H and O–H groups in total. The molecule has 1 aromatic rings. The van der Waals surface area contributed by atoms with E-state index in [1.54, 1.807) is 0 Å². The summed E-state index contributed by atoms with van der Waals surface area (Å²) in [5.74, 6) is 2.24. The van der Waals surface area contributed by atoms with Crippen LogP contribution < -0.4 is 10.1 Å². The second kappa shape index (κ2) is 7.69. The van der Waals surface area contributed by atoms with Crippen molar-refractivity contribution in [3.63, 3.8) is 0 Å². The van der Waals surface area contributed by atoms with Crippen LogP contribution in [0.1, 0.15) is 33.6 Å². The highest BCUT2D eigenvalue weighted by Crippen LogP contribution is 2.24. The average Bonchev–Trinajstić information content (AvgIpc) is 2.45. The first-order valence-corrected chi connectivity index (χ1v) is 8.22. The highest BCUT2D eigenvalue weighted by Gasteiger charge is 2.22. The number of anilines is 1. The third-order valence-electron chi connectivity index (χ3n) is 4.18. The summed E-state index contributed by atoms with van der Waals surface area (Å²) in [4.78, 5) is 2.44. The zero-order valence-electron chi connectivity index (χ0n) is 13.9. The molecule has 1 aliphatic heterocycles. The standard InChI is InChI=1S/C18H30N2O/c1-14(2)13-21-18-9-5-8-17(11-18)19-15(3)16-7-6-10-20(4)12-16/h5,8-9,11,14-16,19H,6-7,10,12-13H2,1-4H3. The summed E-state index contributed by atoms with van der Waals surface area (Å²) in [5.41, 5.74) is 1.16. The number of nitrogens with zero attached hydrogens (tertiary/aromatic N) is 1. The normalized spacial score (nSPS) is 21.3. The Labute approximate surface area is 129 Å². The number of benzene rings is 1. The van der Waals surface area contributed by atoms with Crippen molar-refractivity contribution in [2.45, 2.75) is 39.7 Å². The van der Waals surface area contributed by atoms with Crippen LogP contribution in [0.4, 0.5) is 5.69 Å². The summed E-state index contributed by atoms with van der Waals surface area (Å²) in [6, 6.07) is 8.84. The number of ether oxygens (including phenoxy) is 1. The van der Waals surface area contributed by atoms with Crippen LogP contribution in [-0.2, 0) is 0 Å². The molecule has 0 spiro atoms. The van der Waals surface area contributed by atoms with E-state index in [-0.39, 0.29) is 0 Å². The summed E-state index contributed by atoms with van der Waals surface area (Å²) in [5, 5.41) is 3.65. The summed E-state index contributed by atoms with van der Waals surface area (Å²) in [6.07, 6.45) is 2.63. The maximum atomic E-state index is 5.80. The predicted molar refractivity (Wildman–Crippen MR) is 90.1 cm³/mol. The van der Waals surface area contributed by atoms with Gasteiger partial charge in [0.25, 0.3) is 0 Å². The first-order chi connectivity index (χ1) is 10.0. The SMILES string of the molecule is CC(C)COc1cccc(NC(C)C2CCCN(C)C2)c1. The highest BCUT2D eigenvalue weighted by molar-refractivity contribution is 5.48. The summed E-state index contributed by atoms with van der Waals surface area (Å²) >= 11 is 0. The van der Waals surface area contributed by atoms with Gasteiger partial charge in [-0.3, -0.25) is 0 Å². The first kappa shape index (κ1) is 16.2. The molecular weight excluding hydrogens is 260 g/mol. The van der Waals surface area contributed by atoms with Crippen molar-refractivity contribution >= 4 is 5.69 Å². The van der Waals surface area contributed by atoms with Gasteiger partial charge in [0.15, 0.2) is 0 Å². The molecule has 1 fully saturated rings. The second-order valence-corrected chi connectivity index (χ2v) is 6.83. The topological polar surface area (TPSA) is 24.5 Å². The van der Waals surface area contributed by atoms with E-state index in [0.29, 0.717) is 12.0 Å². The fraction of sp³-hybridized carbons (Fsp3) is 0.667. The predicted octanol–water partition coefficient (Wildman–Crippen LogP) is 3.86. The zero-order valence-corrected chi connectivity index (χ0v) is 13.9. The highest BCUT2D eigenvalue weighted by atomic mass is 16.5. The molecule has 3 nitrogen and oxygen atoms in total.